The molecule has 0 aliphatic carbocycles. The van der Waals surface area contributed by atoms with Gasteiger partial charge in [0.1, 0.15) is 18.8 Å². The van der Waals surface area contributed by atoms with Crippen LogP contribution in [0.1, 0.15) is 22.8 Å². The molecule has 0 spiro atoms. The second-order valence-electron chi connectivity index (χ2n) is 5.93. The van der Waals surface area contributed by atoms with Gasteiger partial charge in [-0.1, -0.05) is 60.2 Å². The summed E-state index contributed by atoms with van der Waals surface area (Å²) < 4.78 is 10.5. The van der Waals surface area contributed by atoms with Gasteiger partial charge in [-0.25, -0.2) is 10.2 Å². The van der Waals surface area contributed by atoms with Crippen LogP contribution in [0, 0.1) is 18.3 Å². The maximum Gasteiger partial charge on any atom is 0.428 e. The molecule has 0 aromatic heterocycles. The fraction of sp³-hybridized carbons (Fsp3) is 0.211. The van der Waals surface area contributed by atoms with Crippen LogP contribution in [0.15, 0.2) is 59.7 Å². The third kappa shape index (κ3) is 3.66. The average molecular weight is 350 g/mol. The summed E-state index contributed by atoms with van der Waals surface area (Å²) in [5.74, 6) is -0.123. The minimum Gasteiger partial charge on any atom is -0.443 e. The predicted octanol–water partition coefficient (Wildman–Crippen LogP) is 2.53. The van der Waals surface area contributed by atoms with E-state index in [0.29, 0.717) is 0 Å². The van der Waals surface area contributed by atoms with E-state index in [1.54, 1.807) is 0 Å². The quantitative estimate of drug-likeness (QED) is 0.372. The minimum absolute atomic E-state index is 0.105. The number of nitrogens with zero attached hydrogens (tertiary/aromatic N) is 2. The molecule has 0 radical (unpaired) electrons. The summed E-state index contributed by atoms with van der Waals surface area (Å²) in [5.41, 5.74) is 9.45. The number of rotatable bonds is 5. The van der Waals surface area contributed by atoms with E-state index in [9.17, 15) is 10.1 Å². The number of benzene rings is 2. The van der Waals surface area contributed by atoms with Gasteiger partial charge >= 0.3 is 6.09 Å². The number of aryl methyl sites for hydroxylation is 1. The SMILES string of the molecule is Cc1ccc([C@H]2O[C@]2(C#N)/C(N)=N/NC(=O)OCc2ccccc2)cc1. The second-order valence-corrected chi connectivity index (χ2v) is 5.93. The van der Waals surface area contributed by atoms with E-state index in [-0.39, 0.29) is 12.4 Å². The van der Waals surface area contributed by atoms with Gasteiger partial charge in [-0.05, 0) is 18.1 Å². The lowest BCUT2D eigenvalue weighted by Gasteiger charge is -2.06. The summed E-state index contributed by atoms with van der Waals surface area (Å²) >= 11 is 0. The molecule has 26 heavy (non-hydrogen) atoms. The van der Waals surface area contributed by atoms with E-state index < -0.39 is 17.8 Å². The second kappa shape index (κ2) is 7.25. The molecule has 2 aromatic rings. The van der Waals surface area contributed by atoms with Gasteiger partial charge in [0, 0.05) is 0 Å². The molecule has 0 saturated carbocycles. The van der Waals surface area contributed by atoms with Crippen LogP contribution in [-0.2, 0) is 16.1 Å². The zero-order chi connectivity index (χ0) is 18.6. The van der Waals surface area contributed by atoms with Crippen molar-refractivity contribution in [3.8, 4) is 6.07 Å². The fourth-order valence-electron chi connectivity index (χ4n) is 2.48. The molecular formula is C19H18N4O3. The molecule has 2 aromatic carbocycles. The van der Waals surface area contributed by atoms with Crippen LogP contribution in [0.5, 0.6) is 0 Å². The molecule has 2 atom stereocenters. The fourth-order valence-corrected chi connectivity index (χ4v) is 2.48. The third-order valence-corrected chi connectivity index (χ3v) is 4.02. The van der Waals surface area contributed by atoms with E-state index in [1.807, 2.05) is 67.6 Å². The Bertz CT molecular complexity index is 859. The molecule has 3 rings (SSSR count). The highest BCUT2D eigenvalue weighted by atomic mass is 16.6. The lowest BCUT2D eigenvalue weighted by molar-refractivity contribution is 0.140. The Morgan fingerprint density at radius 2 is 2.00 bits per heavy atom. The summed E-state index contributed by atoms with van der Waals surface area (Å²) in [6.45, 7) is 2.07. The van der Waals surface area contributed by atoms with Crippen molar-refractivity contribution in [3.05, 3.63) is 71.3 Å². The van der Waals surface area contributed by atoms with Crippen molar-refractivity contribution in [2.45, 2.75) is 25.2 Å². The molecule has 0 bridgehead atoms. The van der Waals surface area contributed by atoms with Crippen molar-refractivity contribution in [3.63, 3.8) is 0 Å². The molecule has 1 fully saturated rings. The van der Waals surface area contributed by atoms with Crippen molar-refractivity contribution < 1.29 is 14.3 Å². The minimum atomic E-state index is -1.37. The van der Waals surface area contributed by atoms with E-state index in [2.05, 4.69) is 10.5 Å². The number of carbonyl (C=O) groups is 1. The first-order valence-corrected chi connectivity index (χ1v) is 8.01. The summed E-state index contributed by atoms with van der Waals surface area (Å²) in [6, 6.07) is 18.8. The number of hydrogen-bond acceptors (Lipinski definition) is 5. The van der Waals surface area contributed by atoms with Gasteiger partial charge in [0.2, 0.25) is 5.60 Å². The number of hydrogen-bond donors (Lipinski definition) is 2. The maximum atomic E-state index is 11.7. The monoisotopic (exact) mass is 350 g/mol. The van der Waals surface area contributed by atoms with Gasteiger partial charge in [0.05, 0.1) is 0 Å². The van der Waals surface area contributed by atoms with Crippen LogP contribution in [0.4, 0.5) is 4.79 Å². The standard InChI is InChI=1S/C19H18N4O3/c1-13-7-9-15(10-8-13)16-19(12-20,26-16)17(21)22-23-18(24)25-11-14-5-3-2-4-6-14/h2-10,16H,11H2,1H3,(H2,21,22)(H,23,24)/t16-,19+/m1/s1. The van der Waals surface area contributed by atoms with E-state index in [4.69, 9.17) is 15.2 Å². The maximum absolute atomic E-state index is 11.7. The molecule has 7 nitrogen and oxygen atoms in total. The van der Waals surface area contributed by atoms with Crippen LogP contribution in [0.2, 0.25) is 0 Å². The van der Waals surface area contributed by atoms with Crippen LogP contribution in [0.3, 0.4) is 0 Å². The number of nitrogens with one attached hydrogen (secondary N) is 1. The first kappa shape index (κ1) is 17.5. The molecule has 3 N–H and O–H groups in total. The Labute approximate surface area is 151 Å². The van der Waals surface area contributed by atoms with Gasteiger partial charge in [-0.15, -0.1) is 0 Å². The van der Waals surface area contributed by atoms with Crippen molar-refractivity contribution in [2.24, 2.45) is 10.8 Å². The Kier molecular flexibility index (Phi) is 4.87. The Morgan fingerprint density at radius 3 is 2.65 bits per heavy atom. The lowest BCUT2D eigenvalue weighted by Crippen LogP contribution is -2.35. The number of ether oxygens (including phenoxy) is 2. The predicted molar refractivity (Wildman–Crippen MR) is 94.7 cm³/mol. The van der Waals surface area contributed by atoms with Crippen molar-refractivity contribution in [2.75, 3.05) is 0 Å². The van der Waals surface area contributed by atoms with E-state index in [1.165, 1.54) is 0 Å². The van der Waals surface area contributed by atoms with Gasteiger partial charge < -0.3 is 15.2 Å². The number of epoxide rings is 1. The number of hydrazone groups is 1. The molecule has 132 valence electrons. The summed E-state index contributed by atoms with van der Waals surface area (Å²) in [6.07, 6.45) is -1.28. The highest BCUT2D eigenvalue weighted by Crippen LogP contribution is 2.49. The lowest BCUT2D eigenvalue weighted by atomic mass is 9.99. The molecule has 7 heteroatoms. The summed E-state index contributed by atoms with van der Waals surface area (Å²) in [7, 11) is 0. The van der Waals surface area contributed by atoms with Crippen LogP contribution in [-0.4, -0.2) is 17.5 Å². The Balaban J connectivity index is 1.59. The normalized spacial score (nSPS) is 21.5. The highest BCUT2D eigenvalue weighted by molar-refractivity contribution is 5.96. The zero-order valence-corrected chi connectivity index (χ0v) is 14.2. The number of amidine groups is 1. The largest absolute Gasteiger partial charge is 0.443 e. The molecule has 1 heterocycles. The number of carbonyl (C=O) groups excluding carboxylic acids is 1. The molecule has 1 aliphatic heterocycles. The number of amides is 1. The Hall–Kier alpha value is -3.37. The van der Waals surface area contributed by atoms with Crippen LogP contribution in [0.25, 0.3) is 0 Å². The van der Waals surface area contributed by atoms with Gasteiger partial charge in [0.15, 0.2) is 5.84 Å². The average Bonchev–Trinajstić information content (AvgIpc) is 3.42. The molecular weight excluding hydrogens is 332 g/mol. The van der Waals surface area contributed by atoms with E-state index >= 15 is 0 Å². The van der Waals surface area contributed by atoms with E-state index in [0.717, 1.165) is 16.7 Å². The number of nitriles is 1. The third-order valence-electron chi connectivity index (χ3n) is 4.02. The van der Waals surface area contributed by atoms with Gasteiger partial charge in [0.25, 0.3) is 0 Å². The first-order valence-electron chi connectivity index (χ1n) is 8.01. The topological polar surface area (TPSA) is 113 Å². The van der Waals surface area contributed by atoms with Crippen molar-refractivity contribution >= 4 is 11.9 Å². The summed E-state index contributed by atoms with van der Waals surface area (Å²) in [4.78, 5) is 11.7. The Morgan fingerprint density at radius 1 is 1.31 bits per heavy atom. The number of nitrogens with two attached hydrogens (primary N) is 1. The van der Waals surface area contributed by atoms with Crippen molar-refractivity contribution in [1.29, 1.82) is 5.26 Å². The zero-order valence-electron chi connectivity index (χ0n) is 14.2. The van der Waals surface area contributed by atoms with Gasteiger partial charge in [-0.2, -0.15) is 10.4 Å². The highest BCUT2D eigenvalue weighted by Gasteiger charge is 2.62. The smallest absolute Gasteiger partial charge is 0.428 e. The molecule has 1 amide bonds. The first-order chi connectivity index (χ1) is 12.5. The molecule has 1 saturated heterocycles. The molecule has 1 aliphatic rings. The van der Waals surface area contributed by atoms with Crippen LogP contribution < -0.4 is 11.2 Å². The van der Waals surface area contributed by atoms with Gasteiger partial charge in [-0.3, -0.25) is 0 Å². The summed E-state index contributed by atoms with van der Waals surface area (Å²) in [5, 5.41) is 13.2. The van der Waals surface area contributed by atoms with Crippen LogP contribution >= 0.6 is 0 Å². The van der Waals surface area contributed by atoms with Crippen molar-refractivity contribution in [1.82, 2.24) is 5.43 Å². The molecule has 0 unspecified atom stereocenters.